The van der Waals surface area contributed by atoms with Gasteiger partial charge in [-0.2, -0.15) is 0 Å². The fourth-order valence-corrected chi connectivity index (χ4v) is 4.81. The standard InChI is InChI=1S/C24H21FN2O4S/c1-14-11-16(15(2)27(14)19-9-5-3-7-17(19)25)20(28)13-31-23(29)12-22-24(30)26-18-8-4-6-10-21(18)32-22/h3-11,22H,12-13H2,1-2H3,(H,26,30). The van der Waals surface area contributed by atoms with Crippen LogP contribution in [0, 0.1) is 19.7 Å². The van der Waals surface area contributed by atoms with Gasteiger partial charge in [-0.1, -0.05) is 24.3 Å². The van der Waals surface area contributed by atoms with Gasteiger partial charge in [-0.15, -0.1) is 11.8 Å². The highest BCUT2D eigenvalue weighted by Crippen LogP contribution is 2.36. The number of nitrogens with zero attached hydrogens (tertiary/aromatic N) is 1. The van der Waals surface area contributed by atoms with Crippen molar-refractivity contribution in [1.82, 2.24) is 4.57 Å². The molecule has 0 aliphatic carbocycles. The Balaban J connectivity index is 1.40. The number of ketones is 1. The molecular formula is C24H21FN2O4S. The second-order valence-electron chi connectivity index (χ2n) is 7.45. The van der Waals surface area contributed by atoms with Crippen molar-refractivity contribution in [3.63, 3.8) is 0 Å². The zero-order valence-electron chi connectivity index (χ0n) is 17.6. The van der Waals surface area contributed by atoms with Crippen LogP contribution >= 0.6 is 11.8 Å². The number of ether oxygens (including phenoxy) is 1. The molecule has 2 aromatic carbocycles. The minimum absolute atomic E-state index is 0.146. The third-order valence-corrected chi connectivity index (χ3v) is 6.52. The maximum Gasteiger partial charge on any atom is 0.307 e. The fourth-order valence-electron chi connectivity index (χ4n) is 3.71. The Hall–Kier alpha value is -3.39. The predicted octanol–water partition coefficient (Wildman–Crippen LogP) is 4.46. The van der Waals surface area contributed by atoms with Gasteiger partial charge in [0.1, 0.15) is 5.82 Å². The number of hydrogen-bond acceptors (Lipinski definition) is 5. The van der Waals surface area contributed by atoms with Gasteiger partial charge in [0.15, 0.2) is 6.61 Å². The van der Waals surface area contributed by atoms with Crippen LogP contribution in [0.15, 0.2) is 59.5 Å². The van der Waals surface area contributed by atoms with Gasteiger partial charge in [-0.05, 0) is 44.2 Å². The van der Waals surface area contributed by atoms with Crippen LogP contribution in [-0.4, -0.2) is 34.1 Å². The van der Waals surface area contributed by atoms with Crippen LogP contribution in [0.4, 0.5) is 10.1 Å². The van der Waals surface area contributed by atoms with E-state index in [0.717, 1.165) is 4.90 Å². The molecule has 1 aliphatic heterocycles. The first kappa shape index (κ1) is 21.8. The molecule has 0 saturated carbocycles. The molecule has 0 bridgehead atoms. The number of carbonyl (C=O) groups is 3. The van der Waals surface area contributed by atoms with E-state index in [1.807, 2.05) is 18.2 Å². The van der Waals surface area contributed by atoms with Crippen LogP contribution in [0.2, 0.25) is 0 Å². The largest absolute Gasteiger partial charge is 0.457 e. The van der Waals surface area contributed by atoms with Gasteiger partial charge < -0.3 is 14.6 Å². The SMILES string of the molecule is Cc1cc(C(=O)COC(=O)CC2Sc3ccccc3NC2=O)c(C)n1-c1ccccc1F. The number of fused-ring (bicyclic) bond motifs is 1. The number of thioether (sulfide) groups is 1. The summed E-state index contributed by atoms with van der Waals surface area (Å²) in [5.41, 5.74) is 2.67. The quantitative estimate of drug-likeness (QED) is 0.441. The van der Waals surface area contributed by atoms with Gasteiger partial charge >= 0.3 is 5.97 Å². The number of aryl methyl sites for hydroxylation is 1. The number of rotatable bonds is 6. The molecule has 8 heteroatoms. The Labute approximate surface area is 188 Å². The second-order valence-corrected chi connectivity index (χ2v) is 8.70. The van der Waals surface area contributed by atoms with Crippen molar-refractivity contribution in [1.29, 1.82) is 0 Å². The smallest absolute Gasteiger partial charge is 0.307 e. The minimum atomic E-state index is -0.631. The molecule has 3 aromatic rings. The molecule has 164 valence electrons. The number of esters is 1. The normalized spacial score (nSPS) is 15.1. The average Bonchev–Trinajstić information content (AvgIpc) is 3.07. The molecule has 0 saturated heterocycles. The summed E-state index contributed by atoms with van der Waals surface area (Å²) in [4.78, 5) is 38.1. The van der Waals surface area contributed by atoms with Gasteiger partial charge in [0, 0.05) is 21.8 Å². The molecule has 6 nitrogen and oxygen atoms in total. The number of aromatic nitrogens is 1. The van der Waals surface area contributed by atoms with E-state index < -0.39 is 23.6 Å². The van der Waals surface area contributed by atoms with Crippen molar-refractivity contribution < 1.29 is 23.5 Å². The zero-order valence-corrected chi connectivity index (χ0v) is 18.4. The zero-order chi connectivity index (χ0) is 22.8. The number of hydrogen-bond donors (Lipinski definition) is 1. The first-order chi connectivity index (χ1) is 15.3. The number of benzene rings is 2. The number of amides is 1. The first-order valence-corrected chi connectivity index (χ1v) is 10.9. The molecule has 1 N–H and O–H groups in total. The lowest BCUT2D eigenvalue weighted by Gasteiger charge is -2.23. The van der Waals surface area contributed by atoms with Crippen LogP contribution in [0.25, 0.3) is 5.69 Å². The highest BCUT2D eigenvalue weighted by molar-refractivity contribution is 8.01. The van der Waals surface area contributed by atoms with Crippen molar-refractivity contribution in [2.75, 3.05) is 11.9 Å². The Morgan fingerprint density at radius 2 is 1.84 bits per heavy atom. The fraction of sp³-hybridized carbons (Fsp3) is 0.208. The third kappa shape index (κ3) is 4.31. The van der Waals surface area contributed by atoms with Crippen LogP contribution < -0.4 is 5.32 Å². The van der Waals surface area contributed by atoms with Crippen LogP contribution in [0.3, 0.4) is 0 Å². The summed E-state index contributed by atoms with van der Waals surface area (Å²) in [6.45, 7) is 3.05. The number of para-hydroxylation sites is 2. The van der Waals surface area contributed by atoms with Gasteiger partial charge in [0.2, 0.25) is 11.7 Å². The summed E-state index contributed by atoms with van der Waals surface area (Å²) in [5.74, 6) is -1.69. The van der Waals surface area contributed by atoms with E-state index in [1.165, 1.54) is 17.8 Å². The summed E-state index contributed by atoms with van der Waals surface area (Å²) in [5, 5.41) is 2.15. The maximum atomic E-state index is 14.2. The van der Waals surface area contributed by atoms with Gasteiger partial charge in [0.05, 0.1) is 23.0 Å². The number of Topliss-reactive ketones (excluding diaryl/α,β-unsaturated/α-hetero) is 1. The highest BCUT2D eigenvalue weighted by atomic mass is 32.2. The van der Waals surface area contributed by atoms with Crippen molar-refractivity contribution in [3.05, 3.63) is 77.4 Å². The molecular weight excluding hydrogens is 431 g/mol. The molecule has 0 spiro atoms. The van der Waals surface area contributed by atoms with E-state index in [1.54, 1.807) is 48.7 Å². The Morgan fingerprint density at radius 3 is 2.62 bits per heavy atom. The molecule has 1 atom stereocenters. The maximum absolute atomic E-state index is 14.2. The molecule has 1 aromatic heterocycles. The lowest BCUT2D eigenvalue weighted by molar-refractivity contribution is -0.143. The summed E-state index contributed by atoms with van der Waals surface area (Å²) in [6.07, 6.45) is -0.146. The Kier molecular flexibility index (Phi) is 6.14. The summed E-state index contributed by atoms with van der Waals surface area (Å²) in [6, 6.07) is 15.3. The van der Waals surface area contributed by atoms with E-state index in [0.29, 0.717) is 28.3 Å². The van der Waals surface area contributed by atoms with Gasteiger partial charge in [-0.3, -0.25) is 14.4 Å². The van der Waals surface area contributed by atoms with Gasteiger partial charge in [-0.25, -0.2) is 4.39 Å². The Bertz CT molecular complexity index is 1220. The van der Waals surface area contributed by atoms with Crippen LogP contribution in [-0.2, 0) is 14.3 Å². The lowest BCUT2D eigenvalue weighted by atomic mass is 10.1. The topological polar surface area (TPSA) is 77.4 Å². The summed E-state index contributed by atoms with van der Waals surface area (Å²) < 4.78 is 21.1. The molecule has 0 fully saturated rings. The lowest BCUT2D eigenvalue weighted by Crippen LogP contribution is -2.31. The Morgan fingerprint density at radius 1 is 1.12 bits per heavy atom. The first-order valence-electron chi connectivity index (χ1n) is 10.0. The molecule has 1 unspecified atom stereocenters. The van der Waals surface area contributed by atoms with E-state index in [9.17, 15) is 18.8 Å². The van der Waals surface area contributed by atoms with E-state index in [2.05, 4.69) is 5.32 Å². The van der Waals surface area contributed by atoms with E-state index in [-0.39, 0.29) is 18.1 Å². The number of nitrogens with one attached hydrogen (secondary N) is 1. The summed E-state index contributed by atoms with van der Waals surface area (Å²) in [7, 11) is 0. The monoisotopic (exact) mass is 452 g/mol. The molecule has 0 radical (unpaired) electrons. The van der Waals surface area contributed by atoms with E-state index in [4.69, 9.17) is 4.74 Å². The molecule has 1 amide bonds. The molecule has 1 aliphatic rings. The second kappa shape index (κ2) is 9.00. The number of halogens is 1. The van der Waals surface area contributed by atoms with Crippen molar-refractivity contribution in [2.24, 2.45) is 0 Å². The number of carbonyl (C=O) groups excluding carboxylic acids is 3. The predicted molar refractivity (Wildman–Crippen MR) is 120 cm³/mol. The third-order valence-electron chi connectivity index (χ3n) is 5.25. The molecule has 2 heterocycles. The average molecular weight is 453 g/mol. The van der Waals surface area contributed by atoms with Crippen LogP contribution in [0.1, 0.15) is 28.2 Å². The van der Waals surface area contributed by atoms with E-state index >= 15 is 0 Å². The van der Waals surface area contributed by atoms with Crippen molar-refractivity contribution >= 4 is 35.1 Å². The van der Waals surface area contributed by atoms with Crippen molar-refractivity contribution in [3.8, 4) is 5.69 Å². The molecule has 4 rings (SSSR count). The molecule has 32 heavy (non-hydrogen) atoms. The summed E-state index contributed by atoms with van der Waals surface area (Å²) >= 11 is 1.29. The van der Waals surface area contributed by atoms with Gasteiger partial charge in [0.25, 0.3) is 0 Å². The highest BCUT2D eigenvalue weighted by Gasteiger charge is 2.29. The van der Waals surface area contributed by atoms with Crippen LogP contribution in [0.5, 0.6) is 0 Å². The number of anilines is 1. The minimum Gasteiger partial charge on any atom is -0.457 e. The van der Waals surface area contributed by atoms with Crippen molar-refractivity contribution in [2.45, 2.75) is 30.4 Å².